The maximum atomic E-state index is 11.9. The van der Waals surface area contributed by atoms with Crippen LogP contribution in [0.1, 0.15) is 42.1 Å². The van der Waals surface area contributed by atoms with E-state index in [1.807, 2.05) is 18.5 Å². The minimum absolute atomic E-state index is 0.233. The van der Waals surface area contributed by atoms with E-state index in [1.54, 1.807) is 0 Å². The van der Waals surface area contributed by atoms with Crippen LogP contribution in [-0.4, -0.2) is 32.6 Å². The molecule has 0 aliphatic heterocycles. The number of rotatable bonds is 6. The van der Waals surface area contributed by atoms with Gasteiger partial charge in [0.15, 0.2) is 0 Å². The molecular formula is C15H22N6OS. The lowest BCUT2D eigenvalue weighted by atomic mass is 10.2. The average Bonchev–Trinajstić information content (AvgIpc) is 3.16. The third kappa shape index (κ3) is 4.28. The van der Waals surface area contributed by atoms with E-state index in [-0.39, 0.29) is 11.9 Å². The Morgan fingerprint density at radius 1 is 1.43 bits per heavy atom. The smallest absolute Gasteiger partial charge is 0.321 e. The summed E-state index contributed by atoms with van der Waals surface area (Å²) >= 11 is 1.47. The lowest BCUT2D eigenvalue weighted by Crippen LogP contribution is -2.33. The lowest BCUT2D eigenvalue weighted by molar-refractivity contribution is 0.249. The number of urea groups is 1. The van der Waals surface area contributed by atoms with Crippen molar-refractivity contribution < 1.29 is 4.79 Å². The van der Waals surface area contributed by atoms with Crippen LogP contribution in [0.15, 0.2) is 6.07 Å². The summed E-state index contributed by atoms with van der Waals surface area (Å²) in [5, 5.41) is 19.8. The highest BCUT2D eigenvalue weighted by Gasteiger charge is 2.27. The number of aryl methyl sites for hydroxylation is 2. The monoisotopic (exact) mass is 334 g/mol. The van der Waals surface area contributed by atoms with E-state index in [1.165, 1.54) is 24.2 Å². The van der Waals surface area contributed by atoms with Crippen LogP contribution in [0.3, 0.4) is 0 Å². The number of nitrogens with one attached hydrogen (secondary N) is 2. The fourth-order valence-corrected chi connectivity index (χ4v) is 3.32. The zero-order chi connectivity index (χ0) is 16.4. The predicted molar refractivity (Wildman–Crippen MR) is 89.8 cm³/mol. The predicted octanol–water partition coefficient (Wildman–Crippen LogP) is 2.69. The Morgan fingerprint density at radius 2 is 2.22 bits per heavy atom. The van der Waals surface area contributed by atoms with Gasteiger partial charge in [-0.2, -0.15) is 5.10 Å². The van der Waals surface area contributed by atoms with Crippen molar-refractivity contribution in [3.8, 4) is 0 Å². The third-order valence-corrected chi connectivity index (χ3v) is 4.79. The summed E-state index contributed by atoms with van der Waals surface area (Å²) in [6, 6.07) is 1.82. The second-order valence-corrected chi connectivity index (χ2v) is 7.28. The molecule has 2 aromatic heterocycles. The van der Waals surface area contributed by atoms with Gasteiger partial charge < -0.3 is 5.32 Å². The van der Waals surface area contributed by atoms with Crippen LogP contribution in [0.25, 0.3) is 0 Å². The first kappa shape index (κ1) is 15.9. The Labute approximate surface area is 139 Å². The molecule has 1 saturated carbocycles. The van der Waals surface area contributed by atoms with Crippen molar-refractivity contribution in [2.24, 2.45) is 5.92 Å². The fraction of sp³-hybridized carbons (Fsp3) is 0.600. The Bertz CT molecular complexity index is 690. The van der Waals surface area contributed by atoms with Gasteiger partial charge in [-0.1, -0.05) is 18.3 Å². The van der Waals surface area contributed by atoms with Crippen molar-refractivity contribution in [3.05, 3.63) is 22.5 Å². The average molecular weight is 334 g/mol. The zero-order valence-corrected chi connectivity index (χ0v) is 14.5. The quantitative estimate of drug-likeness (QED) is 0.850. The van der Waals surface area contributed by atoms with E-state index in [9.17, 15) is 4.79 Å². The summed E-state index contributed by atoms with van der Waals surface area (Å²) in [4.78, 5) is 11.9. The van der Waals surface area contributed by atoms with Crippen molar-refractivity contribution in [1.82, 2.24) is 25.3 Å². The normalized spacial score (nSPS) is 15.4. The van der Waals surface area contributed by atoms with E-state index in [2.05, 4.69) is 38.9 Å². The molecule has 7 nitrogen and oxygen atoms in total. The van der Waals surface area contributed by atoms with Crippen LogP contribution in [-0.2, 0) is 6.54 Å². The molecule has 2 aromatic rings. The van der Waals surface area contributed by atoms with Crippen molar-refractivity contribution in [3.63, 3.8) is 0 Å². The molecular weight excluding hydrogens is 312 g/mol. The molecule has 124 valence electrons. The summed E-state index contributed by atoms with van der Waals surface area (Å²) in [7, 11) is 0. The van der Waals surface area contributed by atoms with Gasteiger partial charge in [0.05, 0.1) is 5.69 Å². The summed E-state index contributed by atoms with van der Waals surface area (Å²) in [5.74, 6) is 0.849. The van der Waals surface area contributed by atoms with Gasteiger partial charge in [0.25, 0.3) is 0 Å². The molecule has 3 rings (SSSR count). The zero-order valence-electron chi connectivity index (χ0n) is 13.7. The summed E-state index contributed by atoms with van der Waals surface area (Å²) < 4.78 is 1.98. The van der Waals surface area contributed by atoms with Gasteiger partial charge in [-0.3, -0.25) is 10.00 Å². The maximum absolute atomic E-state index is 11.9. The maximum Gasteiger partial charge on any atom is 0.321 e. The van der Waals surface area contributed by atoms with Crippen LogP contribution >= 0.6 is 11.3 Å². The summed E-state index contributed by atoms with van der Waals surface area (Å²) in [6.45, 7) is 7.48. The molecule has 1 unspecified atom stereocenters. The molecule has 0 aromatic carbocycles. The molecule has 23 heavy (non-hydrogen) atoms. The highest BCUT2D eigenvalue weighted by atomic mass is 32.1. The van der Waals surface area contributed by atoms with E-state index >= 15 is 0 Å². The Morgan fingerprint density at radius 3 is 2.87 bits per heavy atom. The van der Waals surface area contributed by atoms with Gasteiger partial charge >= 0.3 is 6.03 Å². The van der Waals surface area contributed by atoms with Crippen molar-refractivity contribution in [2.45, 2.75) is 46.1 Å². The van der Waals surface area contributed by atoms with E-state index < -0.39 is 0 Å². The van der Waals surface area contributed by atoms with Crippen LogP contribution < -0.4 is 10.6 Å². The molecule has 1 atom stereocenters. The first-order valence-corrected chi connectivity index (χ1v) is 8.72. The molecule has 0 spiro atoms. The molecule has 1 aliphatic rings. The Balaban J connectivity index is 1.43. The number of hydrogen-bond acceptors (Lipinski definition) is 5. The molecule has 0 radical (unpaired) electrons. The molecule has 1 aliphatic carbocycles. The number of amides is 2. The van der Waals surface area contributed by atoms with Crippen LogP contribution in [0.2, 0.25) is 0 Å². The Hall–Kier alpha value is -1.96. The van der Waals surface area contributed by atoms with Crippen molar-refractivity contribution in [2.75, 3.05) is 11.9 Å². The van der Waals surface area contributed by atoms with Gasteiger partial charge in [-0.15, -0.1) is 10.2 Å². The molecule has 2 amide bonds. The summed E-state index contributed by atoms with van der Waals surface area (Å²) in [5.41, 5.74) is 2.16. The number of carbonyl (C=O) groups is 1. The first-order chi connectivity index (χ1) is 11.0. The lowest BCUT2D eigenvalue weighted by Gasteiger charge is -2.13. The van der Waals surface area contributed by atoms with Crippen molar-refractivity contribution >= 4 is 22.5 Å². The highest BCUT2D eigenvalue weighted by molar-refractivity contribution is 7.15. The van der Waals surface area contributed by atoms with E-state index in [4.69, 9.17) is 0 Å². The molecule has 8 heteroatoms. The minimum atomic E-state index is -0.233. The molecule has 0 bridgehead atoms. The van der Waals surface area contributed by atoms with E-state index in [0.717, 1.165) is 22.9 Å². The Kier molecular flexibility index (Phi) is 4.61. The van der Waals surface area contributed by atoms with Gasteiger partial charge in [0, 0.05) is 24.7 Å². The molecule has 0 saturated heterocycles. The molecule has 2 N–H and O–H groups in total. The van der Waals surface area contributed by atoms with E-state index in [0.29, 0.717) is 17.6 Å². The van der Waals surface area contributed by atoms with Gasteiger partial charge in [0.2, 0.25) is 5.13 Å². The second kappa shape index (κ2) is 6.66. The summed E-state index contributed by atoms with van der Waals surface area (Å²) in [6.07, 6.45) is 2.37. The topological polar surface area (TPSA) is 84.7 Å². The number of carbonyl (C=O) groups excluding carboxylic acids is 1. The van der Waals surface area contributed by atoms with Crippen molar-refractivity contribution in [1.29, 1.82) is 0 Å². The highest BCUT2D eigenvalue weighted by Crippen LogP contribution is 2.41. The minimum Gasteiger partial charge on any atom is -0.337 e. The molecule has 1 fully saturated rings. The standard InChI is InChI=1S/C15H22N6OS/c1-9(8-21-11(3)6-10(2)20-21)7-16-14(22)17-15-19-18-13(23-15)12-4-5-12/h6,9,12H,4-5,7-8H2,1-3H3,(H2,16,17,19,22). The van der Waals surface area contributed by atoms with Crippen LogP contribution in [0.5, 0.6) is 0 Å². The SMILES string of the molecule is Cc1cc(C)n(CC(C)CNC(=O)Nc2nnc(C3CC3)s2)n1. The van der Waals surface area contributed by atoms with Gasteiger partial charge in [-0.05, 0) is 38.7 Å². The third-order valence-electron chi connectivity index (χ3n) is 3.79. The fourth-order valence-electron chi connectivity index (χ4n) is 2.41. The number of aromatic nitrogens is 4. The molecule has 2 heterocycles. The van der Waals surface area contributed by atoms with Crippen LogP contribution in [0, 0.1) is 19.8 Å². The van der Waals surface area contributed by atoms with Crippen LogP contribution in [0.4, 0.5) is 9.93 Å². The number of anilines is 1. The first-order valence-electron chi connectivity index (χ1n) is 7.90. The largest absolute Gasteiger partial charge is 0.337 e. The van der Waals surface area contributed by atoms with Gasteiger partial charge in [-0.25, -0.2) is 4.79 Å². The van der Waals surface area contributed by atoms with Gasteiger partial charge in [0.1, 0.15) is 5.01 Å². The number of nitrogens with zero attached hydrogens (tertiary/aromatic N) is 4. The second-order valence-electron chi connectivity index (χ2n) is 6.27. The number of hydrogen-bond donors (Lipinski definition) is 2.